The number of non-ortho nitro benzene ring substituents is 1. The fourth-order valence-corrected chi connectivity index (χ4v) is 5.36. The number of carboxylic acid groups (broad SMARTS) is 1. The van der Waals surface area contributed by atoms with Gasteiger partial charge in [-0.25, -0.2) is 4.79 Å². The van der Waals surface area contributed by atoms with Gasteiger partial charge in [-0.2, -0.15) is 0 Å². The van der Waals surface area contributed by atoms with Gasteiger partial charge in [-0.3, -0.25) is 24.5 Å². The lowest BCUT2D eigenvalue weighted by atomic mass is 9.78. The number of aliphatic carboxylic acids is 1. The van der Waals surface area contributed by atoms with Crippen LogP contribution in [0, 0.1) is 10.1 Å². The van der Waals surface area contributed by atoms with Crippen molar-refractivity contribution in [2.75, 3.05) is 18.5 Å². The van der Waals surface area contributed by atoms with Crippen molar-refractivity contribution in [2.24, 2.45) is 0 Å². The van der Waals surface area contributed by atoms with Crippen molar-refractivity contribution < 1.29 is 48.5 Å². The predicted octanol–water partition coefficient (Wildman–Crippen LogP) is 9.31. The zero-order valence-corrected chi connectivity index (χ0v) is 33.8. The van der Waals surface area contributed by atoms with Crippen molar-refractivity contribution in [3.8, 4) is 17.2 Å². The first-order valence-electron chi connectivity index (χ1n) is 18.2. The summed E-state index contributed by atoms with van der Waals surface area (Å²) in [6, 6.07) is 21.3. The van der Waals surface area contributed by atoms with Crippen molar-refractivity contribution in [1.29, 1.82) is 0 Å². The molecule has 0 aliphatic rings. The van der Waals surface area contributed by atoms with Gasteiger partial charge in [0.15, 0.2) is 0 Å². The zero-order chi connectivity index (χ0) is 42.5. The van der Waals surface area contributed by atoms with E-state index in [4.69, 9.17) is 30.9 Å². The molecule has 0 bridgehead atoms. The second-order valence-electron chi connectivity index (χ2n) is 15.0. The van der Waals surface area contributed by atoms with Crippen LogP contribution in [0.25, 0.3) is 0 Å². The summed E-state index contributed by atoms with van der Waals surface area (Å²) in [7, 11) is 0. The summed E-state index contributed by atoms with van der Waals surface area (Å²) in [4.78, 5) is 59.4. The van der Waals surface area contributed by atoms with E-state index in [9.17, 15) is 34.4 Å². The topological polar surface area (TPSA) is 192 Å². The summed E-state index contributed by atoms with van der Waals surface area (Å²) in [5.41, 5.74) is 1.37. The van der Waals surface area contributed by atoms with Gasteiger partial charge in [0.25, 0.3) is 11.6 Å². The molecule has 0 aliphatic heterocycles. The Balaban J connectivity index is 0.000000331. The van der Waals surface area contributed by atoms with Crippen molar-refractivity contribution in [3.05, 3.63) is 122 Å². The average Bonchev–Trinajstić information content (AvgIpc) is 3.14. The molecule has 0 spiro atoms. The molecule has 1 atom stereocenters. The van der Waals surface area contributed by atoms with Gasteiger partial charge in [-0.15, -0.1) is 0 Å². The molecule has 57 heavy (non-hydrogen) atoms. The van der Waals surface area contributed by atoms with E-state index in [1.807, 2.05) is 41.5 Å². The summed E-state index contributed by atoms with van der Waals surface area (Å²) in [5, 5.41) is 33.0. The van der Waals surface area contributed by atoms with Gasteiger partial charge < -0.3 is 29.7 Å². The maximum Gasteiger partial charge on any atom is 0.338 e. The molecule has 0 aromatic heterocycles. The molecule has 1 amide bonds. The van der Waals surface area contributed by atoms with Crippen LogP contribution in [-0.2, 0) is 25.2 Å². The standard InChI is InChI=1S/C25H23ClN2O6.C18H26O5/c1-2-3-16-33-19-12-8-17(9-13-19)23(29)24(25(30)27-22-7-5-4-6-21(22)26)34-20-14-10-18(11-15-20)28(31)32;1-17(2,3)12-9-11(16(22)23-8-7-14(19)20)10-13(15(12)21)18(4,5)6/h4-15,24H,2-3,16H2,1H3,(H,27,30);9-10,21H,7-8H2,1-6H3,(H,19,20). The third-order valence-electron chi connectivity index (χ3n) is 8.33. The Labute approximate surface area is 337 Å². The van der Waals surface area contributed by atoms with Crippen LogP contribution in [0.1, 0.15) is 99.6 Å². The Hall–Kier alpha value is -5.95. The lowest BCUT2D eigenvalue weighted by molar-refractivity contribution is -0.384. The number of para-hydroxylation sites is 1. The summed E-state index contributed by atoms with van der Waals surface area (Å²) in [6.45, 7) is 14.2. The van der Waals surface area contributed by atoms with Crippen LogP contribution in [0.2, 0.25) is 5.02 Å². The maximum absolute atomic E-state index is 13.2. The van der Waals surface area contributed by atoms with Crippen LogP contribution in [0.15, 0.2) is 84.9 Å². The third kappa shape index (κ3) is 13.6. The Bertz CT molecular complexity index is 2000. The lowest BCUT2D eigenvalue weighted by Crippen LogP contribution is -2.40. The first kappa shape index (κ1) is 45.4. The normalized spacial score (nSPS) is 11.6. The number of phenolic OH excluding ortho intramolecular Hbond substituents is 1. The number of aromatic hydroxyl groups is 1. The fraction of sp³-hybridized carbons (Fsp3) is 0.349. The number of hydrogen-bond donors (Lipinski definition) is 3. The summed E-state index contributed by atoms with van der Waals surface area (Å²) in [5.74, 6) is -2.01. The third-order valence-corrected chi connectivity index (χ3v) is 8.66. The number of nitro groups is 1. The Morgan fingerprint density at radius 3 is 1.89 bits per heavy atom. The number of ether oxygens (including phenoxy) is 3. The van der Waals surface area contributed by atoms with Crippen LogP contribution in [-0.4, -0.2) is 58.1 Å². The molecule has 3 N–H and O–H groups in total. The van der Waals surface area contributed by atoms with Crippen LogP contribution < -0.4 is 14.8 Å². The fourth-order valence-electron chi connectivity index (χ4n) is 5.18. The number of hydrogen-bond acceptors (Lipinski definition) is 10. The number of rotatable bonds is 15. The number of amides is 1. The van der Waals surface area contributed by atoms with Gasteiger partial charge in [-0.05, 0) is 77.9 Å². The number of nitrogens with zero attached hydrogens (tertiary/aromatic N) is 1. The number of carbonyl (C=O) groups excluding carboxylic acids is 3. The van der Waals surface area contributed by atoms with Gasteiger partial charge in [-0.1, -0.05) is 78.6 Å². The minimum atomic E-state index is -1.57. The predicted molar refractivity (Wildman–Crippen MR) is 217 cm³/mol. The number of nitro benzene ring substituents is 1. The Kier molecular flexibility index (Phi) is 16.2. The number of benzene rings is 4. The van der Waals surface area contributed by atoms with Crippen LogP contribution in [0.3, 0.4) is 0 Å². The minimum Gasteiger partial charge on any atom is -0.507 e. The summed E-state index contributed by atoms with van der Waals surface area (Å²) >= 11 is 6.13. The monoisotopic (exact) mass is 804 g/mol. The zero-order valence-electron chi connectivity index (χ0n) is 33.1. The number of carbonyl (C=O) groups is 4. The van der Waals surface area contributed by atoms with E-state index in [2.05, 4.69) is 12.2 Å². The van der Waals surface area contributed by atoms with E-state index in [0.717, 1.165) is 12.8 Å². The number of esters is 1. The van der Waals surface area contributed by atoms with E-state index in [0.29, 0.717) is 39.8 Å². The summed E-state index contributed by atoms with van der Waals surface area (Å²) in [6.07, 6.45) is 0.110. The molecule has 0 saturated carbocycles. The van der Waals surface area contributed by atoms with E-state index < -0.39 is 34.7 Å². The maximum atomic E-state index is 13.2. The molecule has 4 rings (SSSR count). The largest absolute Gasteiger partial charge is 0.507 e. The lowest BCUT2D eigenvalue weighted by Gasteiger charge is -2.27. The molecule has 4 aromatic rings. The number of carboxylic acids is 1. The molecular formula is C43H49ClN2O11. The SMILES string of the molecule is CC(C)(C)c1cc(C(=O)OCCC(=O)O)cc(C(C)(C)C)c1O.CCCCOc1ccc(C(=O)C(Oc2ccc([N+](=O)[O-])cc2)C(=O)Nc2ccccc2Cl)cc1. The van der Waals surface area contributed by atoms with Crippen molar-refractivity contribution in [3.63, 3.8) is 0 Å². The molecule has 304 valence electrons. The molecule has 14 heteroatoms. The van der Waals surface area contributed by atoms with E-state index in [1.54, 1.807) is 60.7 Å². The molecular weight excluding hydrogens is 756 g/mol. The highest BCUT2D eigenvalue weighted by Crippen LogP contribution is 2.40. The van der Waals surface area contributed by atoms with Crippen LogP contribution >= 0.6 is 11.6 Å². The highest BCUT2D eigenvalue weighted by molar-refractivity contribution is 6.34. The molecule has 4 aromatic carbocycles. The number of phenols is 1. The Morgan fingerprint density at radius 2 is 1.39 bits per heavy atom. The summed E-state index contributed by atoms with van der Waals surface area (Å²) < 4.78 is 16.3. The van der Waals surface area contributed by atoms with Crippen molar-refractivity contribution >= 4 is 46.6 Å². The molecule has 0 fully saturated rings. The second kappa shape index (κ2) is 20.3. The quantitative estimate of drug-likeness (QED) is 0.0259. The molecule has 0 radical (unpaired) electrons. The first-order valence-corrected chi connectivity index (χ1v) is 18.6. The molecule has 0 aliphatic carbocycles. The Morgan fingerprint density at radius 1 is 0.825 bits per heavy atom. The van der Waals surface area contributed by atoms with E-state index in [-0.39, 0.29) is 46.6 Å². The molecule has 0 saturated heterocycles. The molecule has 1 unspecified atom stereocenters. The first-order chi connectivity index (χ1) is 26.7. The number of Topliss-reactive ketones (excluding diaryl/α,β-unsaturated/α-hetero) is 1. The van der Waals surface area contributed by atoms with Gasteiger partial charge in [0.1, 0.15) is 23.9 Å². The van der Waals surface area contributed by atoms with E-state index >= 15 is 0 Å². The van der Waals surface area contributed by atoms with Crippen molar-refractivity contribution in [1.82, 2.24) is 0 Å². The van der Waals surface area contributed by atoms with Gasteiger partial charge in [0.2, 0.25) is 11.9 Å². The molecule has 13 nitrogen and oxygen atoms in total. The highest BCUT2D eigenvalue weighted by Gasteiger charge is 2.31. The number of ketones is 1. The number of nitrogens with one attached hydrogen (secondary N) is 1. The average molecular weight is 805 g/mol. The second-order valence-corrected chi connectivity index (χ2v) is 15.4. The van der Waals surface area contributed by atoms with Gasteiger partial charge >= 0.3 is 11.9 Å². The highest BCUT2D eigenvalue weighted by atomic mass is 35.5. The number of halogens is 1. The van der Waals surface area contributed by atoms with Gasteiger partial charge in [0, 0.05) is 28.8 Å². The van der Waals surface area contributed by atoms with Gasteiger partial charge in [0.05, 0.1) is 34.2 Å². The number of unbranched alkanes of at least 4 members (excludes halogenated alkanes) is 1. The smallest absolute Gasteiger partial charge is 0.338 e. The molecule has 0 heterocycles. The van der Waals surface area contributed by atoms with Crippen LogP contribution in [0.4, 0.5) is 11.4 Å². The van der Waals surface area contributed by atoms with Crippen LogP contribution in [0.5, 0.6) is 17.2 Å². The number of anilines is 1. The van der Waals surface area contributed by atoms with Crippen molar-refractivity contribution in [2.45, 2.75) is 84.7 Å². The minimum absolute atomic E-state index is 0.123. The van der Waals surface area contributed by atoms with E-state index in [1.165, 1.54) is 24.3 Å².